The molecule has 0 unspecified atom stereocenters. The van der Waals surface area contributed by atoms with Crippen molar-refractivity contribution in [1.29, 1.82) is 0 Å². The molecule has 1 aromatic rings. The standard InChI is InChI=1S/C11H15N3O2/c1-13(11-6-7-12-8-11)9-2-4-10(5-3-9)14(15)16/h2-5,11-12H,6-8H2,1H3/t11-/m0/s1. The van der Waals surface area contributed by atoms with Crippen LogP contribution < -0.4 is 10.2 Å². The molecule has 1 N–H and O–H groups in total. The van der Waals surface area contributed by atoms with Gasteiger partial charge < -0.3 is 10.2 Å². The second-order valence-electron chi connectivity index (χ2n) is 4.03. The Kier molecular flexibility index (Phi) is 3.05. The molecule has 0 aromatic heterocycles. The largest absolute Gasteiger partial charge is 0.370 e. The Hall–Kier alpha value is -1.62. The Bertz CT molecular complexity index is 371. The van der Waals surface area contributed by atoms with Gasteiger partial charge in [0.05, 0.1) is 4.92 Å². The highest BCUT2D eigenvalue weighted by Gasteiger charge is 2.19. The fraction of sp³-hybridized carbons (Fsp3) is 0.455. The van der Waals surface area contributed by atoms with E-state index in [4.69, 9.17) is 0 Å². The lowest BCUT2D eigenvalue weighted by Gasteiger charge is -2.25. The van der Waals surface area contributed by atoms with Crippen LogP contribution in [0.2, 0.25) is 0 Å². The molecular weight excluding hydrogens is 206 g/mol. The maximum absolute atomic E-state index is 10.5. The molecule has 0 spiro atoms. The summed E-state index contributed by atoms with van der Waals surface area (Å²) < 4.78 is 0. The molecule has 1 heterocycles. The van der Waals surface area contributed by atoms with Gasteiger partial charge in [-0.25, -0.2) is 0 Å². The van der Waals surface area contributed by atoms with Gasteiger partial charge in [-0.2, -0.15) is 0 Å². The first kappa shape index (κ1) is 10.9. The minimum atomic E-state index is -0.374. The van der Waals surface area contributed by atoms with Crippen LogP contribution >= 0.6 is 0 Å². The van der Waals surface area contributed by atoms with Crippen molar-refractivity contribution in [2.45, 2.75) is 12.5 Å². The zero-order valence-corrected chi connectivity index (χ0v) is 9.22. The Balaban J connectivity index is 2.11. The van der Waals surface area contributed by atoms with Gasteiger partial charge in [0.15, 0.2) is 0 Å². The van der Waals surface area contributed by atoms with Gasteiger partial charge in [0.25, 0.3) is 5.69 Å². The maximum Gasteiger partial charge on any atom is 0.269 e. The van der Waals surface area contributed by atoms with Crippen LogP contribution in [0.3, 0.4) is 0 Å². The first-order valence-electron chi connectivity index (χ1n) is 5.36. The topological polar surface area (TPSA) is 58.4 Å². The van der Waals surface area contributed by atoms with E-state index >= 15 is 0 Å². The van der Waals surface area contributed by atoms with E-state index in [1.807, 2.05) is 7.05 Å². The fourth-order valence-electron chi connectivity index (χ4n) is 1.99. The molecule has 1 saturated heterocycles. The summed E-state index contributed by atoms with van der Waals surface area (Å²) in [5.41, 5.74) is 1.17. The fourth-order valence-corrected chi connectivity index (χ4v) is 1.99. The van der Waals surface area contributed by atoms with Crippen LogP contribution in [0.15, 0.2) is 24.3 Å². The SMILES string of the molecule is CN(c1ccc([N+](=O)[O-])cc1)[C@H]1CCNC1. The number of nitro benzene ring substituents is 1. The highest BCUT2D eigenvalue weighted by atomic mass is 16.6. The average Bonchev–Trinajstić information content (AvgIpc) is 2.81. The van der Waals surface area contributed by atoms with Gasteiger partial charge in [-0.15, -0.1) is 0 Å². The van der Waals surface area contributed by atoms with Gasteiger partial charge in [-0.3, -0.25) is 10.1 Å². The summed E-state index contributed by atoms with van der Waals surface area (Å²) in [5.74, 6) is 0. The molecule has 1 aromatic carbocycles. The third-order valence-corrected chi connectivity index (χ3v) is 3.05. The van der Waals surface area contributed by atoms with E-state index in [1.165, 1.54) is 0 Å². The summed E-state index contributed by atoms with van der Waals surface area (Å²) in [6, 6.07) is 7.19. The average molecular weight is 221 g/mol. The molecular formula is C11H15N3O2. The number of nitrogens with zero attached hydrogens (tertiary/aromatic N) is 2. The molecule has 5 nitrogen and oxygen atoms in total. The summed E-state index contributed by atoms with van der Waals surface area (Å²) >= 11 is 0. The Morgan fingerprint density at radius 2 is 2.12 bits per heavy atom. The predicted molar refractivity (Wildman–Crippen MR) is 62.8 cm³/mol. The van der Waals surface area contributed by atoms with Crippen molar-refractivity contribution in [3.63, 3.8) is 0 Å². The van der Waals surface area contributed by atoms with E-state index in [0.717, 1.165) is 25.2 Å². The first-order chi connectivity index (χ1) is 7.68. The molecule has 1 aliphatic rings. The van der Waals surface area contributed by atoms with Crippen molar-refractivity contribution in [1.82, 2.24) is 5.32 Å². The van der Waals surface area contributed by atoms with Gasteiger partial charge in [-0.05, 0) is 25.1 Å². The Morgan fingerprint density at radius 1 is 1.44 bits per heavy atom. The number of hydrogen-bond donors (Lipinski definition) is 1. The predicted octanol–water partition coefficient (Wildman–Crippen LogP) is 1.39. The van der Waals surface area contributed by atoms with Crippen LogP contribution in [0.4, 0.5) is 11.4 Å². The van der Waals surface area contributed by atoms with Gasteiger partial charge >= 0.3 is 0 Å². The van der Waals surface area contributed by atoms with Gasteiger partial charge in [0.1, 0.15) is 0 Å². The molecule has 0 radical (unpaired) electrons. The second kappa shape index (κ2) is 4.49. The first-order valence-corrected chi connectivity index (χ1v) is 5.36. The zero-order chi connectivity index (χ0) is 11.5. The van der Waals surface area contributed by atoms with Crippen LogP contribution in [-0.2, 0) is 0 Å². The molecule has 0 saturated carbocycles. The van der Waals surface area contributed by atoms with E-state index in [1.54, 1.807) is 24.3 Å². The van der Waals surface area contributed by atoms with E-state index in [-0.39, 0.29) is 10.6 Å². The van der Waals surface area contributed by atoms with Gasteiger partial charge in [-0.1, -0.05) is 0 Å². The minimum Gasteiger partial charge on any atom is -0.370 e. The molecule has 0 bridgehead atoms. The zero-order valence-electron chi connectivity index (χ0n) is 9.22. The second-order valence-corrected chi connectivity index (χ2v) is 4.03. The van der Waals surface area contributed by atoms with Crippen LogP contribution in [0.1, 0.15) is 6.42 Å². The number of benzene rings is 1. The molecule has 1 atom stereocenters. The van der Waals surface area contributed by atoms with Gasteiger partial charge in [0.2, 0.25) is 0 Å². The van der Waals surface area contributed by atoms with Crippen molar-refractivity contribution in [3.8, 4) is 0 Å². The summed E-state index contributed by atoms with van der Waals surface area (Å²) in [6.07, 6.45) is 1.12. The lowest BCUT2D eigenvalue weighted by atomic mass is 10.2. The van der Waals surface area contributed by atoms with E-state index < -0.39 is 0 Å². The smallest absolute Gasteiger partial charge is 0.269 e. The summed E-state index contributed by atoms with van der Waals surface area (Å²) in [4.78, 5) is 12.3. The number of nitrogens with one attached hydrogen (secondary N) is 1. The third kappa shape index (κ3) is 2.14. The highest BCUT2D eigenvalue weighted by molar-refractivity contribution is 5.51. The van der Waals surface area contributed by atoms with Crippen molar-refractivity contribution in [2.75, 3.05) is 25.0 Å². The maximum atomic E-state index is 10.5. The third-order valence-electron chi connectivity index (χ3n) is 3.05. The van der Waals surface area contributed by atoms with Crippen molar-refractivity contribution in [2.24, 2.45) is 0 Å². The molecule has 1 fully saturated rings. The molecule has 86 valence electrons. The van der Waals surface area contributed by atoms with Gasteiger partial charge in [0, 0.05) is 37.5 Å². The van der Waals surface area contributed by atoms with E-state index in [0.29, 0.717) is 6.04 Å². The number of likely N-dealkylation sites (N-methyl/N-ethyl adjacent to an activating group) is 1. The monoisotopic (exact) mass is 221 g/mol. The van der Waals surface area contributed by atoms with Crippen molar-refractivity contribution < 1.29 is 4.92 Å². The number of nitro groups is 1. The number of hydrogen-bond acceptors (Lipinski definition) is 4. The lowest BCUT2D eigenvalue weighted by Crippen LogP contribution is -2.33. The molecule has 16 heavy (non-hydrogen) atoms. The molecule has 0 aliphatic carbocycles. The lowest BCUT2D eigenvalue weighted by molar-refractivity contribution is -0.384. The quantitative estimate of drug-likeness (QED) is 0.619. The van der Waals surface area contributed by atoms with Crippen LogP contribution in [0.5, 0.6) is 0 Å². The van der Waals surface area contributed by atoms with E-state index in [9.17, 15) is 10.1 Å². The van der Waals surface area contributed by atoms with E-state index in [2.05, 4.69) is 10.2 Å². The minimum absolute atomic E-state index is 0.140. The Labute approximate surface area is 94.2 Å². The van der Waals surface area contributed by atoms with Crippen LogP contribution in [-0.4, -0.2) is 31.1 Å². The summed E-state index contributed by atoms with van der Waals surface area (Å²) in [5, 5.41) is 13.8. The van der Waals surface area contributed by atoms with Crippen LogP contribution in [0.25, 0.3) is 0 Å². The van der Waals surface area contributed by atoms with Crippen molar-refractivity contribution in [3.05, 3.63) is 34.4 Å². The molecule has 0 amide bonds. The Morgan fingerprint density at radius 3 is 2.62 bits per heavy atom. The molecule has 1 aliphatic heterocycles. The number of rotatable bonds is 3. The van der Waals surface area contributed by atoms with Crippen molar-refractivity contribution >= 4 is 11.4 Å². The number of non-ortho nitro benzene ring substituents is 1. The van der Waals surface area contributed by atoms with Crippen LogP contribution in [0, 0.1) is 10.1 Å². The number of anilines is 1. The molecule has 2 rings (SSSR count). The summed E-state index contributed by atoms with van der Waals surface area (Å²) in [6.45, 7) is 2.02. The normalized spacial score (nSPS) is 19.7. The summed E-state index contributed by atoms with van der Waals surface area (Å²) in [7, 11) is 2.03. The molecule has 5 heteroatoms. The highest BCUT2D eigenvalue weighted by Crippen LogP contribution is 2.21.